The van der Waals surface area contributed by atoms with Crippen molar-refractivity contribution >= 4 is 23.4 Å². The summed E-state index contributed by atoms with van der Waals surface area (Å²) in [6.07, 6.45) is 5.47. The van der Waals surface area contributed by atoms with Crippen LogP contribution in [0.1, 0.15) is 25.7 Å². The largest absolute Gasteiger partial charge is 1.00 e. The second-order valence-electron chi connectivity index (χ2n) is 4.72. The van der Waals surface area contributed by atoms with E-state index in [0.717, 1.165) is 16.8 Å². The fourth-order valence-electron chi connectivity index (χ4n) is 2.41. The lowest BCUT2D eigenvalue weighted by molar-refractivity contribution is -0.911. The van der Waals surface area contributed by atoms with E-state index in [2.05, 4.69) is 12.0 Å². The first-order valence-corrected chi connectivity index (χ1v) is 7.70. The lowest BCUT2D eigenvalue weighted by atomic mass is 10.0. The molecule has 2 nitrogen and oxygen atoms in total. The number of halogens is 2. The average Bonchev–Trinajstić information content (AvgIpc) is 2.32. The summed E-state index contributed by atoms with van der Waals surface area (Å²) in [5, 5.41) is 1.64. The van der Waals surface area contributed by atoms with Crippen molar-refractivity contribution in [1.82, 2.24) is 4.98 Å². The van der Waals surface area contributed by atoms with Gasteiger partial charge in [0, 0.05) is 12.2 Å². The highest BCUT2D eigenvalue weighted by Crippen LogP contribution is 2.19. The van der Waals surface area contributed by atoms with Crippen molar-refractivity contribution in [2.75, 3.05) is 19.3 Å². The van der Waals surface area contributed by atoms with Crippen molar-refractivity contribution in [1.29, 1.82) is 0 Å². The van der Waals surface area contributed by atoms with Crippen LogP contribution in [0.4, 0.5) is 0 Å². The molecule has 2 heterocycles. The van der Waals surface area contributed by atoms with Gasteiger partial charge in [0.1, 0.15) is 5.15 Å². The van der Waals surface area contributed by atoms with Crippen LogP contribution in [0.2, 0.25) is 5.15 Å². The first-order chi connectivity index (χ1) is 8.25. The van der Waals surface area contributed by atoms with Gasteiger partial charge in [0.05, 0.1) is 24.7 Å². The highest BCUT2D eigenvalue weighted by molar-refractivity contribution is 7.99. The minimum absolute atomic E-state index is 0. The van der Waals surface area contributed by atoms with Gasteiger partial charge in [-0.3, -0.25) is 0 Å². The van der Waals surface area contributed by atoms with Crippen LogP contribution in [0.15, 0.2) is 23.2 Å². The summed E-state index contributed by atoms with van der Waals surface area (Å²) in [5.74, 6) is 1.15. The molecule has 5 heteroatoms. The van der Waals surface area contributed by atoms with Gasteiger partial charge in [-0.1, -0.05) is 17.7 Å². The van der Waals surface area contributed by atoms with E-state index in [1.807, 2.05) is 30.0 Å². The molecule has 2 unspecified atom stereocenters. The van der Waals surface area contributed by atoms with Crippen molar-refractivity contribution in [3.63, 3.8) is 0 Å². The highest BCUT2D eigenvalue weighted by atomic mass is 35.5. The lowest BCUT2D eigenvalue weighted by Crippen LogP contribution is -3.13. The molecular formula is C13H20Cl2N2S. The quantitative estimate of drug-likeness (QED) is 0.585. The molecule has 1 aliphatic rings. The monoisotopic (exact) mass is 306 g/mol. The molecule has 18 heavy (non-hydrogen) atoms. The van der Waals surface area contributed by atoms with Crippen LogP contribution in [0.25, 0.3) is 0 Å². The molecule has 1 saturated heterocycles. The van der Waals surface area contributed by atoms with Crippen molar-refractivity contribution < 1.29 is 17.3 Å². The third-order valence-electron chi connectivity index (χ3n) is 3.48. The standard InChI is InChI=1S/C13H19ClN2S.ClH/c1-16-9-3-2-5-11(16)8-10-17-13-7-4-6-12(14)15-13;/h4,6-7,11H,2-3,5,8-10H2,1H3;1H. The van der Waals surface area contributed by atoms with Crippen molar-refractivity contribution in [2.24, 2.45) is 0 Å². The van der Waals surface area contributed by atoms with Gasteiger partial charge in [0.2, 0.25) is 0 Å². The summed E-state index contributed by atoms with van der Waals surface area (Å²) < 4.78 is 0. The minimum atomic E-state index is 0. The Morgan fingerprint density at radius 1 is 1.44 bits per heavy atom. The van der Waals surface area contributed by atoms with Crippen LogP contribution in [0.5, 0.6) is 0 Å². The number of pyridine rings is 1. The number of rotatable bonds is 4. The number of aromatic nitrogens is 1. The zero-order valence-electron chi connectivity index (χ0n) is 10.7. The summed E-state index contributed by atoms with van der Waals surface area (Å²) in [4.78, 5) is 6.00. The maximum atomic E-state index is 5.87. The number of quaternary nitrogens is 1. The molecule has 2 atom stereocenters. The smallest absolute Gasteiger partial charge is 0.130 e. The van der Waals surface area contributed by atoms with Crippen molar-refractivity contribution in [3.8, 4) is 0 Å². The molecule has 102 valence electrons. The fourth-order valence-corrected chi connectivity index (χ4v) is 3.57. The van der Waals surface area contributed by atoms with Gasteiger partial charge < -0.3 is 17.3 Å². The summed E-state index contributed by atoms with van der Waals surface area (Å²) >= 11 is 7.69. The fraction of sp³-hybridized carbons (Fsp3) is 0.615. The molecule has 2 rings (SSSR count). The second-order valence-corrected chi connectivity index (χ2v) is 6.23. The number of nitrogens with one attached hydrogen (secondary N) is 1. The number of nitrogens with zero attached hydrogens (tertiary/aromatic N) is 1. The van der Waals surface area contributed by atoms with E-state index < -0.39 is 0 Å². The van der Waals surface area contributed by atoms with Gasteiger partial charge in [-0.2, -0.15) is 0 Å². The Morgan fingerprint density at radius 2 is 2.28 bits per heavy atom. The van der Waals surface area contributed by atoms with Gasteiger partial charge in [-0.05, 0) is 31.4 Å². The molecule has 0 saturated carbocycles. The van der Waals surface area contributed by atoms with Crippen LogP contribution in [-0.2, 0) is 0 Å². The topological polar surface area (TPSA) is 17.3 Å². The van der Waals surface area contributed by atoms with E-state index in [9.17, 15) is 0 Å². The van der Waals surface area contributed by atoms with E-state index >= 15 is 0 Å². The summed E-state index contributed by atoms with van der Waals surface area (Å²) in [6.45, 7) is 1.34. The van der Waals surface area contributed by atoms with Crippen LogP contribution in [-0.4, -0.2) is 30.4 Å². The molecule has 0 aliphatic carbocycles. The molecule has 0 bridgehead atoms. The maximum Gasteiger partial charge on any atom is 0.130 e. The molecule has 0 spiro atoms. The number of thioether (sulfide) groups is 1. The molecule has 1 aromatic rings. The van der Waals surface area contributed by atoms with Crippen molar-refractivity contribution in [3.05, 3.63) is 23.4 Å². The molecular weight excluding hydrogens is 287 g/mol. The number of hydrogen-bond acceptors (Lipinski definition) is 2. The van der Waals surface area contributed by atoms with Crippen LogP contribution in [0.3, 0.4) is 0 Å². The van der Waals surface area contributed by atoms with E-state index in [-0.39, 0.29) is 12.4 Å². The van der Waals surface area contributed by atoms with Crippen LogP contribution >= 0.6 is 23.4 Å². The Hall–Kier alpha value is 0.0400. The number of likely N-dealkylation sites (tertiary alicyclic amines) is 1. The molecule has 1 aliphatic heterocycles. The van der Waals surface area contributed by atoms with Gasteiger partial charge in [-0.25, -0.2) is 4.98 Å². The van der Waals surface area contributed by atoms with E-state index in [1.165, 1.54) is 32.2 Å². The Bertz CT molecular complexity index is 363. The molecule has 0 radical (unpaired) electrons. The zero-order chi connectivity index (χ0) is 12.1. The first kappa shape index (κ1) is 16.1. The summed E-state index contributed by atoms with van der Waals surface area (Å²) in [7, 11) is 2.33. The second kappa shape index (κ2) is 8.26. The van der Waals surface area contributed by atoms with E-state index in [0.29, 0.717) is 5.15 Å². The van der Waals surface area contributed by atoms with Gasteiger partial charge in [0.25, 0.3) is 0 Å². The van der Waals surface area contributed by atoms with Crippen LogP contribution in [0, 0.1) is 0 Å². The summed E-state index contributed by atoms with van der Waals surface area (Å²) in [5.41, 5.74) is 0. The number of hydrogen-bond donors (Lipinski definition) is 1. The highest BCUT2D eigenvalue weighted by Gasteiger charge is 2.21. The third kappa shape index (κ3) is 4.96. The Balaban J connectivity index is 0.00000162. The minimum Gasteiger partial charge on any atom is -1.00 e. The Morgan fingerprint density at radius 3 is 3.00 bits per heavy atom. The predicted molar refractivity (Wildman–Crippen MR) is 74.0 cm³/mol. The third-order valence-corrected chi connectivity index (χ3v) is 4.65. The van der Waals surface area contributed by atoms with Gasteiger partial charge in [-0.15, -0.1) is 11.8 Å². The zero-order valence-corrected chi connectivity index (χ0v) is 13.0. The normalized spacial score (nSPS) is 23.4. The van der Waals surface area contributed by atoms with Gasteiger partial charge in [0.15, 0.2) is 0 Å². The molecule has 1 aromatic heterocycles. The number of piperidine rings is 1. The molecule has 1 N–H and O–H groups in total. The summed E-state index contributed by atoms with van der Waals surface area (Å²) in [6, 6.07) is 6.67. The van der Waals surface area contributed by atoms with E-state index in [4.69, 9.17) is 11.6 Å². The average molecular weight is 307 g/mol. The predicted octanol–water partition coefficient (Wildman–Crippen LogP) is -0.712. The van der Waals surface area contributed by atoms with Gasteiger partial charge >= 0.3 is 0 Å². The SMILES string of the molecule is C[NH+]1CCCCC1CCSc1cccc(Cl)n1.[Cl-]. The lowest BCUT2D eigenvalue weighted by Gasteiger charge is -2.29. The Labute approximate surface area is 125 Å². The molecule has 1 fully saturated rings. The molecule has 0 aromatic carbocycles. The van der Waals surface area contributed by atoms with Crippen molar-refractivity contribution in [2.45, 2.75) is 36.8 Å². The maximum absolute atomic E-state index is 5.87. The van der Waals surface area contributed by atoms with Crippen LogP contribution < -0.4 is 17.3 Å². The molecule has 0 amide bonds. The van der Waals surface area contributed by atoms with E-state index in [1.54, 1.807) is 4.90 Å². The Kier molecular flexibility index (Phi) is 7.38. The first-order valence-electron chi connectivity index (χ1n) is 6.33.